The lowest BCUT2D eigenvalue weighted by Crippen LogP contribution is -2.56. The number of hydrogen-bond donors (Lipinski definition) is 2. The number of benzene rings is 1. The van der Waals surface area contributed by atoms with Crippen LogP contribution in [0.5, 0.6) is 11.9 Å². The van der Waals surface area contributed by atoms with Crippen molar-refractivity contribution in [1.82, 2.24) is 20.3 Å². The number of pyridine rings is 1. The van der Waals surface area contributed by atoms with Gasteiger partial charge in [0.1, 0.15) is 34.3 Å². The highest BCUT2D eigenvalue weighted by Crippen LogP contribution is 2.46. The summed E-state index contributed by atoms with van der Waals surface area (Å²) < 4.78 is 83.5. The van der Waals surface area contributed by atoms with Crippen molar-refractivity contribution >= 4 is 22.4 Å². The molecule has 2 unspecified atom stereocenters. The van der Waals surface area contributed by atoms with Crippen LogP contribution >= 0.6 is 0 Å². The molecule has 4 heterocycles. The lowest BCUT2D eigenvalue weighted by atomic mass is 9.96. The number of aromatic nitrogens is 3. The van der Waals surface area contributed by atoms with Crippen LogP contribution in [-0.2, 0) is 6.18 Å². The predicted molar refractivity (Wildman–Crippen MR) is 117 cm³/mol. The van der Waals surface area contributed by atoms with Crippen LogP contribution in [0.25, 0.3) is 22.2 Å². The molecule has 0 saturated carbocycles. The minimum Gasteiger partial charge on any atom is -0.472 e. The van der Waals surface area contributed by atoms with E-state index in [0.29, 0.717) is 25.5 Å². The normalized spacial score (nSPS) is 19.8. The van der Waals surface area contributed by atoms with Gasteiger partial charge in [0.15, 0.2) is 5.82 Å². The summed E-state index contributed by atoms with van der Waals surface area (Å²) in [4.78, 5) is 14.6. The summed E-state index contributed by atoms with van der Waals surface area (Å²) in [5, 5.41) is 3.37. The highest BCUT2D eigenvalue weighted by molar-refractivity contribution is 5.97. The first kappa shape index (κ1) is 23.3. The molecule has 3 N–H and O–H groups in total. The number of halogens is 5. The second kappa shape index (κ2) is 8.04. The summed E-state index contributed by atoms with van der Waals surface area (Å²) in [6.07, 6.45) is -5.50. The summed E-state index contributed by atoms with van der Waals surface area (Å²) >= 11 is 0. The van der Waals surface area contributed by atoms with Gasteiger partial charge in [0.05, 0.1) is 24.4 Å². The molecule has 0 spiro atoms. The van der Waals surface area contributed by atoms with E-state index >= 15 is 4.39 Å². The largest absolute Gasteiger partial charge is 0.472 e. The number of anilines is 2. The van der Waals surface area contributed by atoms with E-state index in [4.69, 9.17) is 15.2 Å². The van der Waals surface area contributed by atoms with Crippen molar-refractivity contribution < 1.29 is 31.4 Å². The minimum atomic E-state index is -5.01. The van der Waals surface area contributed by atoms with E-state index in [9.17, 15) is 17.6 Å². The molecule has 1 fully saturated rings. The third-order valence-electron chi connectivity index (χ3n) is 6.36. The quantitative estimate of drug-likeness (QED) is 0.411. The third-order valence-corrected chi connectivity index (χ3v) is 6.36. The number of rotatable bonds is 2. The van der Waals surface area contributed by atoms with E-state index in [0.717, 1.165) is 13.0 Å². The number of nitrogens with one attached hydrogen (secondary N) is 1. The van der Waals surface area contributed by atoms with Gasteiger partial charge < -0.3 is 25.4 Å². The molecule has 0 bridgehead atoms. The molecular formula is C22H21F5N6O2. The maximum atomic E-state index is 16.0. The van der Waals surface area contributed by atoms with Gasteiger partial charge in [-0.1, -0.05) is 0 Å². The maximum Gasteiger partial charge on any atom is 0.417 e. The van der Waals surface area contributed by atoms with Crippen molar-refractivity contribution in [3.63, 3.8) is 0 Å². The van der Waals surface area contributed by atoms with Crippen LogP contribution in [0.15, 0.2) is 6.07 Å². The lowest BCUT2D eigenvalue weighted by Gasteiger charge is -2.38. The van der Waals surface area contributed by atoms with Crippen molar-refractivity contribution in [2.75, 3.05) is 37.4 Å². The number of fused-ring (bicyclic) bond motifs is 2. The smallest absolute Gasteiger partial charge is 0.417 e. The summed E-state index contributed by atoms with van der Waals surface area (Å²) in [6.45, 7) is 4.38. The number of piperazine rings is 1. The lowest BCUT2D eigenvalue weighted by molar-refractivity contribution is -0.137. The van der Waals surface area contributed by atoms with Crippen LogP contribution in [0.4, 0.5) is 33.5 Å². The van der Waals surface area contributed by atoms with Crippen LogP contribution < -0.4 is 25.4 Å². The van der Waals surface area contributed by atoms with Gasteiger partial charge in [-0.2, -0.15) is 23.1 Å². The molecule has 186 valence electrons. The second-order valence-electron chi connectivity index (χ2n) is 8.45. The zero-order valence-corrected chi connectivity index (χ0v) is 18.9. The van der Waals surface area contributed by atoms with Crippen LogP contribution in [-0.4, -0.2) is 53.8 Å². The molecule has 35 heavy (non-hydrogen) atoms. The van der Waals surface area contributed by atoms with E-state index in [2.05, 4.69) is 20.3 Å². The Balaban J connectivity index is 1.87. The molecule has 3 aromatic rings. The topological polar surface area (TPSA) is 98.4 Å². The number of nitrogens with zero attached hydrogens (tertiary/aromatic N) is 4. The van der Waals surface area contributed by atoms with Crippen molar-refractivity contribution in [2.24, 2.45) is 0 Å². The standard InChI is InChI=1S/C22H21F5N6O2/c1-8-14(22(25,26)27)10(6-11(28)15(8)23)17-16(24)18-13-19(32-21(31-18)34-3)33-5-4-29-7-12(33)9(2)35-20(13)30-17/h6,9,12,29H,4-5,7,28H2,1-3H3. The zero-order chi connectivity index (χ0) is 25.2. The van der Waals surface area contributed by atoms with Crippen molar-refractivity contribution in [2.45, 2.75) is 32.2 Å². The van der Waals surface area contributed by atoms with E-state index in [1.165, 1.54) is 7.11 Å². The first-order chi connectivity index (χ1) is 16.5. The van der Waals surface area contributed by atoms with Crippen LogP contribution in [0, 0.1) is 18.6 Å². The van der Waals surface area contributed by atoms with Crippen molar-refractivity contribution in [1.29, 1.82) is 0 Å². The van der Waals surface area contributed by atoms with E-state index in [1.807, 2.05) is 4.90 Å². The molecular weight excluding hydrogens is 475 g/mol. The first-order valence-corrected chi connectivity index (χ1v) is 10.8. The van der Waals surface area contributed by atoms with Gasteiger partial charge in [-0.25, -0.2) is 13.8 Å². The van der Waals surface area contributed by atoms with E-state index in [-0.39, 0.29) is 28.8 Å². The summed E-state index contributed by atoms with van der Waals surface area (Å²) in [5.74, 6) is -2.22. The Morgan fingerprint density at radius 1 is 1.20 bits per heavy atom. The molecule has 8 nitrogen and oxygen atoms in total. The Bertz CT molecular complexity index is 1350. The molecule has 5 rings (SSSR count). The van der Waals surface area contributed by atoms with Crippen molar-refractivity contribution in [3.05, 3.63) is 28.8 Å². The van der Waals surface area contributed by atoms with Gasteiger partial charge >= 0.3 is 12.2 Å². The first-order valence-electron chi connectivity index (χ1n) is 10.8. The number of alkyl halides is 3. The van der Waals surface area contributed by atoms with Gasteiger partial charge in [-0.05, 0) is 25.5 Å². The van der Waals surface area contributed by atoms with Crippen LogP contribution in [0.3, 0.4) is 0 Å². The second-order valence-corrected chi connectivity index (χ2v) is 8.45. The number of nitrogens with two attached hydrogens (primary N) is 1. The fraction of sp³-hybridized carbons (Fsp3) is 0.409. The molecule has 0 radical (unpaired) electrons. The Hall–Kier alpha value is -3.48. The predicted octanol–water partition coefficient (Wildman–Crippen LogP) is 3.45. The van der Waals surface area contributed by atoms with E-state index < -0.39 is 52.0 Å². The zero-order valence-electron chi connectivity index (χ0n) is 18.9. The summed E-state index contributed by atoms with van der Waals surface area (Å²) in [5.41, 5.74) is 1.15. The Kier molecular flexibility index (Phi) is 5.34. The molecule has 2 aliphatic rings. The molecule has 2 atom stereocenters. The number of hydrogen-bond acceptors (Lipinski definition) is 8. The Morgan fingerprint density at radius 2 is 1.94 bits per heavy atom. The van der Waals surface area contributed by atoms with Crippen molar-refractivity contribution in [3.8, 4) is 23.1 Å². The van der Waals surface area contributed by atoms with Gasteiger partial charge in [-0.3, -0.25) is 0 Å². The number of nitrogen functional groups attached to an aromatic ring is 1. The average molecular weight is 496 g/mol. The molecule has 1 saturated heterocycles. The molecule has 2 aliphatic heterocycles. The van der Waals surface area contributed by atoms with Gasteiger partial charge in [-0.15, -0.1) is 0 Å². The van der Waals surface area contributed by atoms with Gasteiger partial charge in [0.2, 0.25) is 5.88 Å². The SMILES string of the molecule is COc1nc2c3c(nc(-c4cc(N)c(F)c(C)c4C(F)(F)F)c(F)c3n1)OC(C)C1CNCCN21. The van der Waals surface area contributed by atoms with Gasteiger partial charge in [0, 0.05) is 25.2 Å². The molecule has 2 aromatic heterocycles. The fourth-order valence-corrected chi connectivity index (χ4v) is 4.70. The number of methoxy groups -OCH3 is 1. The minimum absolute atomic E-state index is 0.115. The molecule has 0 aliphatic carbocycles. The Morgan fingerprint density at radius 3 is 2.63 bits per heavy atom. The van der Waals surface area contributed by atoms with Crippen LogP contribution in [0.1, 0.15) is 18.1 Å². The highest BCUT2D eigenvalue weighted by atomic mass is 19.4. The molecule has 0 amide bonds. The summed E-state index contributed by atoms with van der Waals surface area (Å²) in [6, 6.07) is 0.329. The fourth-order valence-electron chi connectivity index (χ4n) is 4.70. The Labute approximate surface area is 196 Å². The maximum absolute atomic E-state index is 16.0. The number of ether oxygens (including phenoxy) is 2. The third kappa shape index (κ3) is 3.56. The summed E-state index contributed by atoms with van der Waals surface area (Å²) in [7, 11) is 1.30. The van der Waals surface area contributed by atoms with Gasteiger partial charge in [0.25, 0.3) is 0 Å². The highest BCUT2D eigenvalue weighted by Gasteiger charge is 2.41. The monoisotopic (exact) mass is 496 g/mol. The molecule has 1 aromatic carbocycles. The average Bonchev–Trinajstić information content (AvgIpc) is 2.93. The molecule has 13 heteroatoms. The van der Waals surface area contributed by atoms with E-state index in [1.54, 1.807) is 6.92 Å². The van der Waals surface area contributed by atoms with Crippen LogP contribution in [0.2, 0.25) is 0 Å².